The standard InChI is InChI=1S/C17H21NO7/c1-24-13(20)6-9-7-18(11-5-3-2-4-10(9)11)17-16(23)15(22)14(21)12(8-19)25-17/h2-5,7,12,14-17,19,21-23H,6,8H2,1H3/t12-,14-,15+,16-,17-/m1/s1. The number of ether oxygens (including phenoxy) is 2. The van der Waals surface area contributed by atoms with E-state index in [9.17, 15) is 25.2 Å². The van der Waals surface area contributed by atoms with Crippen LogP contribution in [0, 0.1) is 0 Å². The molecular formula is C17H21NO7. The molecular weight excluding hydrogens is 330 g/mol. The molecule has 3 rings (SSSR count). The maximum atomic E-state index is 11.6. The van der Waals surface area contributed by atoms with Crippen molar-refractivity contribution in [3.8, 4) is 0 Å². The molecule has 5 atom stereocenters. The van der Waals surface area contributed by atoms with Crippen LogP contribution in [-0.4, -0.2) is 69.1 Å². The van der Waals surface area contributed by atoms with E-state index in [1.807, 2.05) is 12.1 Å². The summed E-state index contributed by atoms with van der Waals surface area (Å²) in [7, 11) is 1.30. The highest BCUT2D eigenvalue weighted by atomic mass is 16.6. The first kappa shape index (κ1) is 17.8. The summed E-state index contributed by atoms with van der Waals surface area (Å²) in [6.07, 6.45) is -4.63. The lowest BCUT2D eigenvalue weighted by Crippen LogP contribution is -2.56. The molecule has 136 valence electrons. The first-order chi connectivity index (χ1) is 12.0. The fourth-order valence-electron chi connectivity index (χ4n) is 3.17. The van der Waals surface area contributed by atoms with Gasteiger partial charge in [-0.25, -0.2) is 0 Å². The Kier molecular flexibility index (Phi) is 5.07. The zero-order chi connectivity index (χ0) is 18.1. The van der Waals surface area contributed by atoms with Crippen molar-refractivity contribution >= 4 is 16.9 Å². The van der Waals surface area contributed by atoms with Gasteiger partial charge in [0.15, 0.2) is 6.23 Å². The number of benzene rings is 1. The van der Waals surface area contributed by atoms with Crippen LogP contribution in [0.1, 0.15) is 11.8 Å². The summed E-state index contributed by atoms with van der Waals surface area (Å²) in [6, 6.07) is 7.23. The van der Waals surface area contributed by atoms with E-state index in [1.54, 1.807) is 22.9 Å². The van der Waals surface area contributed by atoms with Gasteiger partial charge in [-0.3, -0.25) is 4.79 Å². The average Bonchev–Trinajstić information content (AvgIpc) is 2.98. The Balaban J connectivity index is 2.04. The molecule has 0 amide bonds. The molecule has 2 heterocycles. The lowest BCUT2D eigenvalue weighted by molar-refractivity contribution is -0.250. The molecule has 0 unspecified atom stereocenters. The topological polar surface area (TPSA) is 121 Å². The van der Waals surface area contributed by atoms with Gasteiger partial charge in [-0.2, -0.15) is 0 Å². The first-order valence-corrected chi connectivity index (χ1v) is 7.93. The molecule has 1 aromatic carbocycles. The lowest BCUT2D eigenvalue weighted by atomic mass is 9.98. The molecule has 4 N–H and O–H groups in total. The van der Waals surface area contributed by atoms with Gasteiger partial charge in [-0.1, -0.05) is 18.2 Å². The summed E-state index contributed by atoms with van der Waals surface area (Å²) in [5.74, 6) is -0.406. The van der Waals surface area contributed by atoms with Crippen LogP contribution in [0.4, 0.5) is 0 Å². The minimum Gasteiger partial charge on any atom is -0.469 e. The van der Waals surface area contributed by atoms with Crippen LogP contribution in [0.5, 0.6) is 0 Å². The van der Waals surface area contributed by atoms with E-state index in [0.29, 0.717) is 11.1 Å². The van der Waals surface area contributed by atoms with Crippen LogP contribution in [0.3, 0.4) is 0 Å². The second-order valence-electron chi connectivity index (χ2n) is 6.05. The first-order valence-electron chi connectivity index (χ1n) is 7.93. The van der Waals surface area contributed by atoms with Crippen molar-refractivity contribution in [1.29, 1.82) is 0 Å². The molecule has 0 saturated carbocycles. The van der Waals surface area contributed by atoms with Gasteiger partial charge in [-0.05, 0) is 11.6 Å². The number of para-hydroxylation sites is 1. The van der Waals surface area contributed by atoms with Crippen molar-refractivity contribution in [1.82, 2.24) is 4.57 Å². The number of carbonyl (C=O) groups is 1. The number of aliphatic hydroxyl groups excluding tert-OH is 4. The highest BCUT2D eigenvalue weighted by molar-refractivity contribution is 5.88. The number of rotatable bonds is 4. The molecule has 8 heteroatoms. The van der Waals surface area contributed by atoms with Crippen LogP contribution in [0.25, 0.3) is 10.9 Å². The second kappa shape index (κ2) is 7.11. The Morgan fingerprint density at radius 3 is 2.60 bits per heavy atom. The Morgan fingerprint density at radius 1 is 1.20 bits per heavy atom. The summed E-state index contributed by atoms with van der Waals surface area (Å²) in [4.78, 5) is 11.6. The predicted molar refractivity (Wildman–Crippen MR) is 86.7 cm³/mol. The van der Waals surface area contributed by atoms with Crippen LogP contribution < -0.4 is 0 Å². The molecule has 1 saturated heterocycles. The molecule has 1 aliphatic rings. The summed E-state index contributed by atoms with van der Waals surface area (Å²) >= 11 is 0. The van der Waals surface area contributed by atoms with Gasteiger partial charge in [-0.15, -0.1) is 0 Å². The molecule has 0 aliphatic carbocycles. The summed E-state index contributed by atoms with van der Waals surface area (Å²) < 4.78 is 11.9. The maximum Gasteiger partial charge on any atom is 0.310 e. The highest BCUT2D eigenvalue weighted by Crippen LogP contribution is 2.33. The fraction of sp³-hybridized carbons (Fsp3) is 0.471. The van der Waals surface area contributed by atoms with Gasteiger partial charge >= 0.3 is 5.97 Å². The Morgan fingerprint density at radius 2 is 1.92 bits per heavy atom. The van der Waals surface area contributed by atoms with Gasteiger partial charge < -0.3 is 34.5 Å². The molecule has 0 bridgehead atoms. The van der Waals surface area contributed by atoms with Gasteiger partial charge in [0.05, 0.1) is 25.7 Å². The largest absolute Gasteiger partial charge is 0.469 e. The number of carbonyl (C=O) groups excluding carboxylic acids is 1. The number of esters is 1. The SMILES string of the molecule is COC(=O)Cc1cn([C@@H]2O[C@H](CO)[C@@H](O)[C@H](O)[C@H]2O)c2ccccc12. The van der Waals surface area contributed by atoms with Crippen LogP contribution in [0.2, 0.25) is 0 Å². The number of aliphatic hydroxyl groups is 4. The van der Waals surface area contributed by atoms with Crippen molar-refractivity contribution in [2.75, 3.05) is 13.7 Å². The average molecular weight is 351 g/mol. The monoisotopic (exact) mass is 351 g/mol. The van der Waals surface area contributed by atoms with Crippen LogP contribution in [0.15, 0.2) is 30.5 Å². The third-order valence-electron chi connectivity index (χ3n) is 4.53. The molecule has 25 heavy (non-hydrogen) atoms. The summed E-state index contributed by atoms with van der Waals surface area (Å²) in [6.45, 7) is -0.504. The normalized spacial score (nSPS) is 29.7. The van der Waals surface area contributed by atoms with E-state index in [0.717, 1.165) is 5.39 Å². The third-order valence-corrected chi connectivity index (χ3v) is 4.53. The number of methoxy groups -OCH3 is 1. The van der Waals surface area contributed by atoms with E-state index in [-0.39, 0.29) is 6.42 Å². The van der Waals surface area contributed by atoms with Crippen molar-refractivity contribution in [2.24, 2.45) is 0 Å². The molecule has 0 spiro atoms. The number of hydrogen-bond acceptors (Lipinski definition) is 7. The molecule has 1 fully saturated rings. The van der Waals surface area contributed by atoms with Gasteiger partial charge in [0, 0.05) is 11.6 Å². The molecule has 1 aromatic heterocycles. The lowest BCUT2D eigenvalue weighted by Gasteiger charge is -2.40. The Hall–Kier alpha value is -1.97. The van der Waals surface area contributed by atoms with E-state index in [1.165, 1.54) is 7.11 Å². The number of nitrogens with zero attached hydrogens (tertiary/aromatic N) is 1. The molecule has 8 nitrogen and oxygen atoms in total. The quantitative estimate of drug-likeness (QED) is 0.539. The minimum atomic E-state index is -1.47. The van der Waals surface area contributed by atoms with Gasteiger partial charge in [0.1, 0.15) is 24.4 Å². The number of fused-ring (bicyclic) bond motifs is 1. The van der Waals surface area contributed by atoms with Crippen molar-refractivity contribution in [3.05, 3.63) is 36.0 Å². The van der Waals surface area contributed by atoms with Crippen molar-refractivity contribution in [2.45, 2.75) is 37.1 Å². The predicted octanol–water partition coefficient (Wildman–Crippen LogP) is -0.671. The Labute approximate surface area is 143 Å². The number of aromatic nitrogens is 1. The summed E-state index contributed by atoms with van der Waals surface area (Å²) in [5, 5.41) is 40.4. The maximum absolute atomic E-state index is 11.6. The molecule has 2 aromatic rings. The van der Waals surface area contributed by atoms with Gasteiger partial charge in [0.2, 0.25) is 0 Å². The minimum absolute atomic E-state index is 0.0431. The van der Waals surface area contributed by atoms with Crippen molar-refractivity contribution in [3.63, 3.8) is 0 Å². The van der Waals surface area contributed by atoms with Crippen LogP contribution in [-0.2, 0) is 20.7 Å². The second-order valence-corrected chi connectivity index (χ2v) is 6.05. The van der Waals surface area contributed by atoms with E-state index >= 15 is 0 Å². The zero-order valence-electron chi connectivity index (χ0n) is 13.6. The smallest absolute Gasteiger partial charge is 0.310 e. The van der Waals surface area contributed by atoms with E-state index in [4.69, 9.17) is 9.47 Å². The van der Waals surface area contributed by atoms with E-state index in [2.05, 4.69) is 0 Å². The number of hydrogen-bond donors (Lipinski definition) is 4. The zero-order valence-corrected chi connectivity index (χ0v) is 13.6. The van der Waals surface area contributed by atoms with Gasteiger partial charge in [0.25, 0.3) is 0 Å². The highest BCUT2D eigenvalue weighted by Gasteiger charge is 2.44. The molecule has 1 aliphatic heterocycles. The molecule has 0 radical (unpaired) electrons. The Bertz CT molecular complexity index is 757. The van der Waals surface area contributed by atoms with E-state index < -0.39 is 43.2 Å². The fourth-order valence-corrected chi connectivity index (χ4v) is 3.17. The third kappa shape index (κ3) is 3.14. The van der Waals surface area contributed by atoms with Crippen molar-refractivity contribution < 1.29 is 34.7 Å². The summed E-state index contributed by atoms with van der Waals surface area (Å²) in [5.41, 5.74) is 1.37. The van der Waals surface area contributed by atoms with Crippen LogP contribution >= 0.6 is 0 Å².